The minimum Gasteiger partial charge on any atom is -0.390 e. The first-order chi connectivity index (χ1) is 23.2. The van der Waals surface area contributed by atoms with Crippen molar-refractivity contribution in [1.82, 2.24) is 19.9 Å². The lowest BCUT2D eigenvalue weighted by Crippen LogP contribution is -2.58. The van der Waals surface area contributed by atoms with E-state index in [0.29, 0.717) is 50.1 Å². The van der Waals surface area contributed by atoms with E-state index in [1.165, 1.54) is 6.08 Å². The van der Waals surface area contributed by atoms with Crippen molar-refractivity contribution in [3.8, 4) is 0 Å². The van der Waals surface area contributed by atoms with Gasteiger partial charge in [-0.2, -0.15) is 18.2 Å². The van der Waals surface area contributed by atoms with Gasteiger partial charge in [-0.3, -0.25) is 4.79 Å². The number of hydrogen-bond donors (Lipinski definition) is 2. The van der Waals surface area contributed by atoms with Crippen molar-refractivity contribution in [2.75, 3.05) is 47.0 Å². The molecule has 1 amide bonds. The first-order valence-corrected chi connectivity index (χ1v) is 18.3. The number of amides is 1. The summed E-state index contributed by atoms with van der Waals surface area (Å²) in [5.74, 6) is -0.247. The van der Waals surface area contributed by atoms with Crippen LogP contribution in [-0.2, 0) is 14.6 Å². The van der Waals surface area contributed by atoms with Crippen LogP contribution in [0.3, 0.4) is 0 Å². The number of pyridine rings is 1. The molecule has 6 rings (SSSR count). The molecule has 3 atom stereocenters. The molecule has 49 heavy (non-hydrogen) atoms. The van der Waals surface area contributed by atoms with Crippen molar-refractivity contribution >= 4 is 49.8 Å². The van der Waals surface area contributed by atoms with Gasteiger partial charge in [0.1, 0.15) is 11.6 Å². The Hall–Kier alpha value is -3.98. The van der Waals surface area contributed by atoms with Crippen molar-refractivity contribution < 1.29 is 31.5 Å². The monoisotopic (exact) mass is 701 g/mol. The van der Waals surface area contributed by atoms with E-state index >= 15 is 0 Å². The third-order valence-electron chi connectivity index (χ3n) is 10.2. The summed E-state index contributed by atoms with van der Waals surface area (Å²) in [4.78, 5) is 32.7. The molecule has 3 aromatic rings. The Morgan fingerprint density at radius 2 is 1.86 bits per heavy atom. The van der Waals surface area contributed by atoms with Crippen LogP contribution in [0.25, 0.3) is 10.8 Å². The van der Waals surface area contributed by atoms with Crippen LogP contribution in [0.5, 0.6) is 0 Å². The van der Waals surface area contributed by atoms with E-state index in [0.717, 1.165) is 47.7 Å². The molecule has 2 N–H and O–H groups in total. The van der Waals surface area contributed by atoms with Gasteiger partial charge >= 0.3 is 5.51 Å². The molecule has 0 aliphatic carbocycles. The zero-order valence-corrected chi connectivity index (χ0v) is 28.5. The molecule has 1 aromatic carbocycles. The molecule has 0 bridgehead atoms. The maximum absolute atomic E-state index is 13.1. The van der Waals surface area contributed by atoms with Gasteiger partial charge in [-0.25, -0.2) is 18.4 Å². The normalized spacial score (nSPS) is 23.1. The van der Waals surface area contributed by atoms with Gasteiger partial charge in [0.2, 0.25) is 21.7 Å². The Morgan fingerprint density at radius 1 is 1.10 bits per heavy atom. The first kappa shape index (κ1) is 34.9. The molecule has 0 spiro atoms. The van der Waals surface area contributed by atoms with Gasteiger partial charge in [0.25, 0.3) is 0 Å². The summed E-state index contributed by atoms with van der Waals surface area (Å²) in [6.45, 7) is 9.25. The third-order valence-corrected chi connectivity index (χ3v) is 11.8. The van der Waals surface area contributed by atoms with Gasteiger partial charge < -0.3 is 25.1 Å². The minimum atomic E-state index is -5.29. The predicted molar refractivity (Wildman–Crippen MR) is 182 cm³/mol. The number of benzene rings is 1. The molecule has 0 saturated carbocycles. The van der Waals surface area contributed by atoms with Gasteiger partial charge in [0.05, 0.1) is 17.4 Å². The number of likely N-dealkylation sites (tertiary alicyclic amines) is 1. The number of alkyl halides is 3. The Bertz CT molecular complexity index is 1830. The third kappa shape index (κ3) is 7.18. The van der Waals surface area contributed by atoms with Gasteiger partial charge in [-0.05, 0) is 74.8 Å². The quantitative estimate of drug-likeness (QED) is 0.290. The average molecular weight is 702 g/mol. The van der Waals surface area contributed by atoms with E-state index in [9.17, 15) is 31.5 Å². The molecule has 3 aliphatic rings. The van der Waals surface area contributed by atoms with E-state index in [-0.39, 0.29) is 18.5 Å². The van der Waals surface area contributed by atoms with Gasteiger partial charge in [-0.15, -0.1) is 0 Å². The van der Waals surface area contributed by atoms with Crippen LogP contribution in [0, 0.1) is 5.92 Å². The first-order valence-electron chi connectivity index (χ1n) is 16.7. The summed E-state index contributed by atoms with van der Waals surface area (Å²) in [6, 6.07) is 6.79. The number of piperidine rings is 1. The van der Waals surface area contributed by atoms with Crippen LogP contribution < -0.4 is 15.1 Å². The summed E-state index contributed by atoms with van der Waals surface area (Å²) in [6.07, 6.45) is 9.43. The molecular formula is C34H42F3N7O4S. The molecule has 5 heterocycles. The Morgan fingerprint density at radius 3 is 2.55 bits per heavy atom. The highest BCUT2D eigenvalue weighted by Crippen LogP contribution is 2.43. The zero-order chi connectivity index (χ0) is 35.1. The van der Waals surface area contributed by atoms with Crippen LogP contribution >= 0.6 is 0 Å². The maximum atomic E-state index is 13.1. The number of hydrogen-bond acceptors (Lipinski definition) is 10. The molecule has 3 saturated heterocycles. The van der Waals surface area contributed by atoms with E-state index in [2.05, 4.69) is 21.9 Å². The number of nitrogens with zero attached hydrogens (tertiary/aromatic N) is 6. The van der Waals surface area contributed by atoms with Gasteiger partial charge in [0.15, 0.2) is 0 Å². The molecule has 11 nitrogen and oxygen atoms in total. The Labute approximate surface area is 284 Å². The number of halogens is 3. The molecule has 0 radical (unpaired) electrons. The van der Waals surface area contributed by atoms with Crippen molar-refractivity contribution in [2.45, 2.75) is 75.6 Å². The maximum Gasteiger partial charge on any atom is 0.497 e. The number of carbonyl (C=O) groups is 1. The average Bonchev–Trinajstić information content (AvgIpc) is 3.31. The van der Waals surface area contributed by atoms with Crippen LogP contribution in [-0.4, -0.2) is 88.4 Å². The standard InChI is InChI=1S/C34H42F3N7O4S/c1-4-31(45)43-15-7-5-6-8-27(43)24-9-10-28(44-20-23(22(44)2)21-49(47,48)34(35,36)37)26-19-39-30(18-25(24)26)40-29-11-14-38-32(41-29)42-16-12-33(3,46)13-17-42/h4,9-11,14,18-19,22-23,27,46H,1,5-8,12-13,15-17,20-21H2,2-3H3,(H,38,39,40,41)/t22-,23-,27+/m1/s1. The predicted octanol–water partition coefficient (Wildman–Crippen LogP) is 5.51. The lowest BCUT2D eigenvalue weighted by Gasteiger charge is -2.48. The van der Waals surface area contributed by atoms with Crippen LogP contribution in [0.15, 0.2) is 49.3 Å². The second-order valence-corrected chi connectivity index (χ2v) is 15.6. The fourth-order valence-electron chi connectivity index (χ4n) is 7.13. The van der Waals surface area contributed by atoms with Crippen LogP contribution in [0.4, 0.5) is 36.4 Å². The van der Waals surface area contributed by atoms with Crippen molar-refractivity contribution in [3.63, 3.8) is 0 Å². The van der Waals surface area contributed by atoms with Crippen molar-refractivity contribution in [3.05, 3.63) is 54.9 Å². The van der Waals surface area contributed by atoms with Crippen LogP contribution in [0.1, 0.15) is 64.0 Å². The van der Waals surface area contributed by atoms with Gasteiger partial charge in [0, 0.05) is 61.6 Å². The molecule has 3 fully saturated rings. The number of sulfone groups is 1. The molecular weight excluding hydrogens is 659 g/mol. The van der Waals surface area contributed by atoms with Crippen molar-refractivity contribution in [1.29, 1.82) is 0 Å². The fourth-order valence-corrected chi connectivity index (χ4v) is 8.27. The summed E-state index contributed by atoms with van der Waals surface area (Å²) in [5, 5.41) is 15.2. The number of nitrogens with one attached hydrogen (secondary N) is 1. The lowest BCUT2D eigenvalue weighted by atomic mass is 9.88. The smallest absolute Gasteiger partial charge is 0.390 e. The SMILES string of the molecule is C=CC(=O)N1CCCCC[C@H]1c1ccc(N2C[C@H](CS(=O)(=O)C(F)(F)F)[C@H]2C)c2cnc(Nc3ccnc(N4CCC(C)(O)CC4)n3)cc12. The molecule has 0 unspecified atom stereocenters. The van der Waals surface area contributed by atoms with E-state index in [4.69, 9.17) is 4.98 Å². The Kier molecular flexibility index (Phi) is 9.52. The summed E-state index contributed by atoms with van der Waals surface area (Å²) >= 11 is 0. The summed E-state index contributed by atoms with van der Waals surface area (Å²) in [7, 11) is -5.25. The van der Waals surface area contributed by atoms with Gasteiger partial charge in [-0.1, -0.05) is 25.5 Å². The minimum absolute atomic E-state index is 0.144. The highest BCUT2D eigenvalue weighted by atomic mass is 32.2. The van der Waals surface area contributed by atoms with E-state index in [1.54, 1.807) is 25.4 Å². The number of rotatable bonds is 8. The van der Waals surface area contributed by atoms with E-state index < -0.39 is 38.7 Å². The summed E-state index contributed by atoms with van der Waals surface area (Å²) < 4.78 is 63.3. The van der Waals surface area contributed by atoms with Crippen LogP contribution in [0.2, 0.25) is 0 Å². The zero-order valence-electron chi connectivity index (χ0n) is 27.7. The van der Waals surface area contributed by atoms with E-state index in [1.807, 2.05) is 39.8 Å². The second kappa shape index (κ2) is 13.4. The highest BCUT2D eigenvalue weighted by molar-refractivity contribution is 7.92. The number of carbonyl (C=O) groups excluding carboxylic acids is 1. The number of aliphatic hydroxyl groups is 1. The molecule has 3 aliphatic heterocycles. The fraction of sp³-hybridized carbons (Fsp3) is 0.529. The summed E-state index contributed by atoms with van der Waals surface area (Å²) in [5.41, 5.74) is -4.36. The van der Waals surface area contributed by atoms with Crippen molar-refractivity contribution in [2.24, 2.45) is 5.92 Å². The number of aromatic nitrogens is 3. The molecule has 264 valence electrons. The number of fused-ring (bicyclic) bond motifs is 1. The number of anilines is 4. The largest absolute Gasteiger partial charge is 0.497 e. The topological polar surface area (TPSA) is 132 Å². The molecule has 2 aromatic heterocycles. The molecule has 15 heteroatoms. The Balaban J connectivity index is 1.35. The lowest BCUT2D eigenvalue weighted by molar-refractivity contribution is -0.128. The highest BCUT2D eigenvalue weighted by Gasteiger charge is 2.50. The second-order valence-electron chi connectivity index (χ2n) is 13.6.